The van der Waals surface area contributed by atoms with Crippen molar-refractivity contribution in [3.8, 4) is 5.75 Å². The largest absolute Gasteiger partial charge is 0.493 e. The monoisotopic (exact) mass is 250 g/mol. The van der Waals surface area contributed by atoms with E-state index >= 15 is 0 Å². The van der Waals surface area contributed by atoms with Gasteiger partial charge in [0.1, 0.15) is 5.75 Å². The molecule has 18 heavy (non-hydrogen) atoms. The predicted molar refractivity (Wildman–Crippen MR) is 66.8 cm³/mol. The predicted octanol–water partition coefficient (Wildman–Crippen LogP) is 1.78. The Hall–Kier alpha value is -1.55. The first-order chi connectivity index (χ1) is 8.65. The maximum atomic E-state index is 10.4. The minimum absolute atomic E-state index is 0.229. The summed E-state index contributed by atoms with van der Waals surface area (Å²) in [4.78, 5) is 10.4. The first-order valence-corrected chi connectivity index (χ1v) is 6.29. The van der Waals surface area contributed by atoms with E-state index in [1.807, 2.05) is 12.1 Å². The van der Waals surface area contributed by atoms with Gasteiger partial charge in [0.25, 0.3) is 0 Å². The zero-order valence-corrected chi connectivity index (χ0v) is 10.3. The molecule has 2 rings (SSSR count). The Bertz CT molecular complexity index is 428. The highest BCUT2D eigenvalue weighted by molar-refractivity contribution is 5.67. The molecule has 1 aliphatic rings. The van der Waals surface area contributed by atoms with E-state index in [2.05, 4.69) is 6.07 Å². The molecule has 0 radical (unpaired) electrons. The Labute approximate surface area is 106 Å². The third kappa shape index (κ3) is 3.47. The molecule has 1 aliphatic carbocycles. The van der Waals surface area contributed by atoms with Gasteiger partial charge in [0.05, 0.1) is 19.1 Å². The standard InChI is InChI=1S/C14H18O4/c15-12(9-14(16)17)6-7-18-13-5-4-10-2-1-3-11(10)8-13/h4-5,8,12,15H,1-3,6-7,9H2,(H,16,17). The van der Waals surface area contributed by atoms with Gasteiger partial charge in [0.15, 0.2) is 0 Å². The van der Waals surface area contributed by atoms with Crippen molar-refractivity contribution in [2.45, 2.75) is 38.2 Å². The Morgan fingerprint density at radius 3 is 2.89 bits per heavy atom. The average molecular weight is 250 g/mol. The van der Waals surface area contributed by atoms with Gasteiger partial charge in [-0.1, -0.05) is 6.07 Å². The summed E-state index contributed by atoms with van der Waals surface area (Å²) in [7, 11) is 0. The third-order valence-electron chi connectivity index (χ3n) is 3.20. The number of carboxylic acid groups (broad SMARTS) is 1. The van der Waals surface area contributed by atoms with Crippen LogP contribution in [0.1, 0.15) is 30.4 Å². The highest BCUT2D eigenvalue weighted by Gasteiger charge is 2.12. The molecular formula is C14H18O4. The molecule has 0 fully saturated rings. The van der Waals surface area contributed by atoms with Crippen molar-refractivity contribution in [2.24, 2.45) is 0 Å². The maximum Gasteiger partial charge on any atom is 0.305 e. The van der Waals surface area contributed by atoms with Gasteiger partial charge in [-0.05, 0) is 42.5 Å². The van der Waals surface area contributed by atoms with Crippen LogP contribution in [-0.2, 0) is 17.6 Å². The number of aryl methyl sites for hydroxylation is 2. The zero-order valence-electron chi connectivity index (χ0n) is 10.3. The summed E-state index contributed by atoms with van der Waals surface area (Å²) in [5.74, 6) is -0.182. The molecule has 4 nitrogen and oxygen atoms in total. The number of carbonyl (C=O) groups is 1. The number of aliphatic hydroxyl groups is 1. The van der Waals surface area contributed by atoms with Crippen molar-refractivity contribution < 1.29 is 19.7 Å². The molecule has 0 saturated heterocycles. The molecule has 0 saturated carbocycles. The highest BCUT2D eigenvalue weighted by atomic mass is 16.5. The average Bonchev–Trinajstić information content (AvgIpc) is 2.75. The van der Waals surface area contributed by atoms with Gasteiger partial charge in [-0.3, -0.25) is 4.79 Å². The number of rotatable bonds is 6. The van der Waals surface area contributed by atoms with E-state index in [9.17, 15) is 9.90 Å². The molecule has 0 amide bonds. The van der Waals surface area contributed by atoms with Gasteiger partial charge in [-0.25, -0.2) is 0 Å². The molecule has 98 valence electrons. The molecule has 0 heterocycles. The lowest BCUT2D eigenvalue weighted by atomic mass is 10.1. The van der Waals surface area contributed by atoms with Gasteiger partial charge in [0.2, 0.25) is 0 Å². The number of fused-ring (bicyclic) bond motifs is 1. The first kappa shape index (κ1) is 12.9. The molecular weight excluding hydrogens is 232 g/mol. The molecule has 0 bridgehead atoms. The Morgan fingerprint density at radius 1 is 1.33 bits per heavy atom. The van der Waals surface area contributed by atoms with Crippen LogP contribution >= 0.6 is 0 Å². The Balaban J connectivity index is 1.78. The van der Waals surface area contributed by atoms with Gasteiger partial charge in [0, 0.05) is 6.42 Å². The summed E-state index contributed by atoms with van der Waals surface area (Å²) in [5.41, 5.74) is 2.74. The zero-order chi connectivity index (χ0) is 13.0. The van der Waals surface area contributed by atoms with Crippen LogP contribution in [0.5, 0.6) is 5.75 Å². The fraction of sp³-hybridized carbons (Fsp3) is 0.500. The van der Waals surface area contributed by atoms with Crippen LogP contribution in [0.15, 0.2) is 18.2 Å². The summed E-state index contributed by atoms with van der Waals surface area (Å²) < 4.78 is 5.53. The minimum Gasteiger partial charge on any atom is -0.493 e. The number of aliphatic carboxylic acids is 1. The summed E-state index contributed by atoms with van der Waals surface area (Å²) in [6, 6.07) is 6.07. The number of carboxylic acids is 1. The van der Waals surface area contributed by atoms with Crippen LogP contribution in [0.2, 0.25) is 0 Å². The molecule has 0 spiro atoms. The van der Waals surface area contributed by atoms with Crippen LogP contribution in [0, 0.1) is 0 Å². The topological polar surface area (TPSA) is 66.8 Å². The third-order valence-corrected chi connectivity index (χ3v) is 3.20. The smallest absolute Gasteiger partial charge is 0.305 e. The molecule has 1 unspecified atom stereocenters. The molecule has 1 aromatic rings. The fourth-order valence-corrected chi connectivity index (χ4v) is 2.25. The van der Waals surface area contributed by atoms with Crippen LogP contribution < -0.4 is 4.74 Å². The first-order valence-electron chi connectivity index (χ1n) is 6.29. The Morgan fingerprint density at radius 2 is 2.11 bits per heavy atom. The van der Waals surface area contributed by atoms with Crippen LogP contribution in [0.3, 0.4) is 0 Å². The molecule has 0 aromatic heterocycles. The molecule has 4 heteroatoms. The number of benzene rings is 1. The lowest BCUT2D eigenvalue weighted by Gasteiger charge is -2.10. The maximum absolute atomic E-state index is 10.4. The van der Waals surface area contributed by atoms with E-state index in [0.29, 0.717) is 13.0 Å². The van der Waals surface area contributed by atoms with Gasteiger partial charge in [-0.15, -0.1) is 0 Å². The van der Waals surface area contributed by atoms with Crippen LogP contribution in [0.4, 0.5) is 0 Å². The van der Waals surface area contributed by atoms with E-state index in [-0.39, 0.29) is 6.42 Å². The van der Waals surface area contributed by atoms with Crippen molar-refractivity contribution >= 4 is 5.97 Å². The van der Waals surface area contributed by atoms with Crippen molar-refractivity contribution in [3.05, 3.63) is 29.3 Å². The molecule has 1 aromatic carbocycles. The van der Waals surface area contributed by atoms with Crippen LogP contribution in [-0.4, -0.2) is 28.9 Å². The van der Waals surface area contributed by atoms with Crippen molar-refractivity contribution in [2.75, 3.05) is 6.61 Å². The quantitative estimate of drug-likeness (QED) is 0.807. The number of ether oxygens (including phenoxy) is 1. The second-order valence-electron chi connectivity index (χ2n) is 4.67. The van der Waals surface area contributed by atoms with Crippen molar-refractivity contribution in [1.82, 2.24) is 0 Å². The second kappa shape index (κ2) is 5.87. The van der Waals surface area contributed by atoms with E-state index in [4.69, 9.17) is 9.84 Å². The van der Waals surface area contributed by atoms with E-state index < -0.39 is 12.1 Å². The Kier molecular flexibility index (Phi) is 4.20. The van der Waals surface area contributed by atoms with Gasteiger partial charge in [-0.2, -0.15) is 0 Å². The lowest BCUT2D eigenvalue weighted by Crippen LogP contribution is -2.16. The van der Waals surface area contributed by atoms with Gasteiger partial charge < -0.3 is 14.9 Å². The van der Waals surface area contributed by atoms with Crippen molar-refractivity contribution in [1.29, 1.82) is 0 Å². The van der Waals surface area contributed by atoms with E-state index in [1.54, 1.807) is 0 Å². The number of hydrogen-bond acceptors (Lipinski definition) is 3. The summed E-state index contributed by atoms with van der Waals surface area (Å²) in [5, 5.41) is 17.9. The lowest BCUT2D eigenvalue weighted by molar-refractivity contribution is -0.139. The normalized spacial score (nSPS) is 15.2. The number of hydrogen-bond donors (Lipinski definition) is 2. The summed E-state index contributed by atoms with van der Waals surface area (Å²) in [6.45, 7) is 0.341. The second-order valence-corrected chi connectivity index (χ2v) is 4.67. The highest BCUT2D eigenvalue weighted by Crippen LogP contribution is 2.26. The minimum atomic E-state index is -0.986. The van der Waals surface area contributed by atoms with Gasteiger partial charge >= 0.3 is 5.97 Å². The molecule has 2 N–H and O–H groups in total. The SMILES string of the molecule is O=C(O)CC(O)CCOc1ccc2c(c1)CCC2. The molecule has 1 atom stereocenters. The summed E-state index contributed by atoms with van der Waals surface area (Å²) in [6.07, 6.45) is 2.73. The van der Waals surface area contributed by atoms with Crippen molar-refractivity contribution in [3.63, 3.8) is 0 Å². The van der Waals surface area contributed by atoms with E-state index in [0.717, 1.165) is 18.6 Å². The van der Waals surface area contributed by atoms with E-state index in [1.165, 1.54) is 17.5 Å². The number of aliphatic hydroxyl groups excluding tert-OH is 1. The summed E-state index contributed by atoms with van der Waals surface area (Å²) >= 11 is 0. The fourth-order valence-electron chi connectivity index (χ4n) is 2.25. The molecule has 0 aliphatic heterocycles. The van der Waals surface area contributed by atoms with Crippen LogP contribution in [0.25, 0.3) is 0 Å².